The Morgan fingerprint density at radius 1 is 1.53 bits per heavy atom. The summed E-state index contributed by atoms with van der Waals surface area (Å²) >= 11 is 3.03. The summed E-state index contributed by atoms with van der Waals surface area (Å²) < 4.78 is 17.9. The van der Waals surface area contributed by atoms with Gasteiger partial charge in [-0.25, -0.2) is 4.98 Å². The molecule has 0 aliphatic heterocycles. The molecule has 1 aromatic rings. The van der Waals surface area contributed by atoms with E-state index in [4.69, 9.17) is 4.74 Å². The van der Waals surface area contributed by atoms with Crippen LogP contribution in [0.3, 0.4) is 0 Å². The summed E-state index contributed by atoms with van der Waals surface area (Å²) in [7, 11) is -1.48. The van der Waals surface area contributed by atoms with Crippen LogP contribution in [0, 0.1) is 0 Å². The average Bonchev–Trinajstić information content (AvgIpc) is 2.21. The van der Waals surface area contributed by atoms with Gasteiger partial charge in [0.15, 0.2) is 0 Å². The molecule has 0 amide bonds. The van der Waals surface area contributed by atoms with Gasteiger partial charge in [0.2, 0.25) is 5.16 Å². The lowest BCUT2D eigenvalue weighted by atomic mass is 10.2. The highest BCUT2D eigenvalue weighted by atomic mass is 79.9. The Morgan fingerprint density at radius 2 is 2.11 bits per heavy atom. The average molecular weight is 351 g/mol. The topological polar surface area (TPSA) is 78.3 Å². The van der Waals surface area contributed by atoms with Crippen LogP contribution in [0.1, 0.15) is 20.8 Å². The van der Waals surface area contributed by atoms with Gasteiger partial charge in [0.1, 0.15) is 16.6 Å². The number of hydrogen-bond acceptors (Lipinski definition) is 5. The summed E-state index contributed by atoms with van der Waals surface area (Å²) in [5.41, 5.74) is -1.11. The van der Waals surface area contributed by atoms with Gasteiger partial charge in [-0.1, -0.05) is 0 Å². The second kappa shape index (κ2) is 5.96. The van der Waals surface area contributed by atoms with E-state index in [1.807, 2.05) is 0 Å². The first-order chi connectivity index (χ1) is 8.61. The van der Waals surface area contributed by atoms with Crippen LogP contribution in [0.15, 0.2) is 20.6 Å². The minimum absolute atomic E-state index is 0.0408. The molecule has 1 rings (SSSR count). The van der Waals surface area contributed by atoms with Crippen molar-refractivity contribution in [3.63, 3.8) is 0 Å². The summed E-state index contributed by atoms with van der Waals surface area (Å²) in [4.78, 5) is 27.6. The summed E-state index contributed by atoms with van der Waals surface area (Å²) in [6, 6.07) is 0. The van der Waals surface area contributed by atoms with Crippen LogP contribution in [-0.2, 0) is 26.9 Å². The van der Waals surface area contributed by atoms with Crippen molar-refractivity contribution in [2.75, 3.05) is 6.26 Å². The van der Waals surface area contributed by atoms with E-state index in [9.17, 15) is 13.8 Å². The molecular weight excluding hydrogens is 336 g/mol. The monoisotopic (exact) mass is 350 g/mol. The first-order valence-electron chi connectivity index (χ1n) is 5.42. The molecule has 0 bridgehead atoms. The fraction of sp³-hybridized carbons (Fsp3) is 0.545. The Labute approximate surface area is 121 Å². The molecule has 0 aliphatic rings. The van der Waals surface area contributed by atoms with E-state index in [1.165, 1.54) is 12.5 Å². The van der Waals surface area contributed by atoms with Crippen LogP contribution in [-0.4, -0.2) is 31.6 Å². The van der Waals surface area contributed by atoms with Gasteiger partial charge >= 0.3 is 5.97 Å². The quantitative estimate of drug-likeness (QED) is 0.602. The van der Waals surface area contributed by atoms with E-state index in [0.29, 0.717) is 0 Å². The van der Waals surface area contributed by atoms with Crippen LogP contribution in [0.4, 0.5) is 0 Å². The highest BCUT2D eigenvalue weighted by Gasteiger charge is 2.20. The summed E-state index contributed by atoms with van der Waals surface area (Å²) in [5.74, 6) is -0.582. The first-order valence-corrected chi connectivity index (χ1v) is 7.77. The molecule has 0 N–H and O–H groups in total. The van der Waals surface area contributed by atoms with Gasteiger partial charge in [-0.3, -0.25) is 18.4 Å². The largest absolute Gasteiger partial charge is 0.459 e. The maximum absolute atomic E-state index is 11.9. The summed E-state index contributed by atoms with van der Waals surface area (Å²) in [6.07, 6.45) is 2.66. The molecule has 106 valence electrons. The second-order valence-corrected chi connectivity index (χ2v) is 6.95. The molecule has 0 saturated carbocycles. The lowest BCUT2D eigenvalue weighted by molar-refractivity contribution is -0.155. The highest BCUT2D eigenvalue weighted by Crippen LogP contribution is 2.09. The number of carbonyl (C=O) groups is 1. The smallest absolute Gasteiger partial charge is 0.326 e. The van der Waals surface area contributed by atoms with E-state index in [-0.39, 0.29) is 16.2 Å². The zero-order valence-electron chi connectivity index (χ0n) is 11.1. The lowest BCUT2D eigenvalue weighted by Gasteiger charge is -2.20. The number of aromatic nitrogens is 2. The molecule has 0 radical (unpaired) electrons. The number of rotatable bonds is 3. The van der Waals surface area contributed by atoms with Crippen molar-refractivity contribution in [3.8, 4) is 0 Å². The molecule has 1 aromatic heterocycles. The third-order valence-electron chi connectivity index (χ3n) is 1.93. The molecule has 6 nitrogen and oxygen atoms in total. The van der Waals surface area contributed by atoms with Crippen LogP contribution in [0.2, 0.25) is 0 Å². The lowest BCUT2D eigenvalue weighted by Crippen LogP contribution is -2.33. The van der Waals surface area contributed by atoms with Crippen LogP contribution >= 0.6 is 15.9 Å². The first kappa shape index (κ1) is 16.0. The van der Waals surface area contributed by atoms with Gasteiger partial charge in [0, 0.05) is 12.5 Å². The molecule has 19 heavy (non-hydrogen) atoms. The van der Waals surface area contributed by atoms with Crippen molar-refractivity contribution >= 4 is 32.7 Å². The number of carbonyl (C=O) groups excluding carboxylic acids is 1. The van der Waals surface area contributed by atoms with E-state index in [1.54, 1.807) is 20.8 Å². The van der Waals surface area contributed by atoms with Crippen molar-refractivity contribution < 1.29 is 13.7 Å². The minimum atomic E-state index is -1.48. The Morgan fingerprint density at radius 3 is 2.58 bits per heavy atom. The van der Waals surface area contributed by atoms with Crippen molar-refractivity contribution in [1.82, 2.24) is 9.55 Å². The van der Waals surface area contributed by atoms with Crippen molar-refractivity contribution in [3.05, 3.63) is 21.0 Å². The minimum Gasteiger partial charge on any atom is -0.459 e. The van der Waals surface area contributed by atoms with Gasteiger partial charge in [-0.2, -0.15) is 0 Å². The van der Waals surface area contributed by atoms with Crippen molar-refractivity contribution in [2.24, 2.45) is 0 Å². The molecule has 0 aliphatic carbocycles. The molecule has 1 heterocycles. The third kappa shape index (κ3) is 4.54. The number of esters is 1. The summed E-state index contributed by atoms with van der Waals surface area (Å²) in [6.45, 7) is 4.86. The predicted octanol–water partition coefficient (Wildman–Crippen LogP) is 1.08. The van der Waals surface area contributed by atoms with Crippen LogP contribution < -0.4 is 5.56 Å². The molecular formula is C11H15BrN2O4S. The van der Waals surface area contributed by atoms with Crippen molar-refractivity contribution in [1.29, 1.82) is 0 Å². The van der Waals surface area contributed by atoms with E-state index < -0.39 is 27.9 Å². The Kier molecular flexibility index (Phi) is 5.03. The molecule has 0 aromatic carbocycles. The van der Waals surface area contributed by atoms with Crippen molar-refractivity contribution in [2.45, 2.75) is 38.1 Å². The maximum atomic E-state index is 11.9. The maximum Gasteiger partial charge on any atom is 0.326 e. The molecule has 0 saturated heterocycles. The molecule has 1 atom stereocenters. The Bertz CT molecular complexity index is 577. The number of ether oxygens (including phenoxy) is 1. The SMILES string of the molecule is CS(=O)c1ncc(Br)c(=O)n1CC(=O)OC(C)(C)C. The fourth-order valence-electron chi connectivity index (χ4n) is 1.32. The molecule has 8 heteroatoms. The van der Waals surface area contributed by atoms with Gasteiger partial charge < -0.3 is 4.74 Å². The number of hydrogen-bond donors (Lipinski definition) is 0. The standard InChI is InChI=1S/C11H15BrN2O4S/c1-11(2,3)18-8(15)6-14-9(16)7(12)5-13-10(14)19(4)17/h5H,6H2,1-4H3. The Balaban J connectivity index is 3.13. The van der Waals surface area contributed by atoms with E-state index in [2.05, 4.69) is 20.9 Å². The van der Waals surface area contributed by atoms with E-state index >= 15 is 0 Å². The molecule has 0 fully saturated rings. The zero-order valence-corrected chi connectivity index (χ0v) is 13.5. The zero-order chi connectivity index (χ0) is 14.8. The normalized spacial score (nSPS) is 13.1. The number of halogens is 1. The third-order valence-corrected chi connectivity index (χ3v) is 3.32. The van der Waals surface area contributed by atoms with Crippen LogP contribution in [0.5, 0.6) is 0 Å². The van der Waals surface area contributed by atoms with Gasteiger partial charge in [0.25, 0.3) is 5.56 Å². The van der Waals surface area contributed by atoms with E-state index in [0.717, 1.165) is 4.57 Å². The summed E-state index contributed by atoms with van der Waals surface area (Å²) in [5, 5.41) is 0.0408. The van der Waals surface area contributed by atoms with Gasteiger partial charge in [-0.05, 0) is 36.7 Å². The molecule has 1 unspecified atom stereocenters. The number of nitrogens with zero attached hydrogens (tertiary/aromatic N) is 2. The van der Waals surface area contributed by atoms with Gasteiger partial charge in [0.05, 0.1) is 10.8 Å². The highest BCUT2D eigenvalue weighted by molar-refractivity contribution is 9.10. The fourth-order valence-corrected chi connectivity index (χ4v) is 2.30. The van der Waals surface area contributed by atoms with Crippen LogP contribution in [0.25, 0.3) is 0 Å². The molecule has 0 spiro atoms. The van der Waals surface area contributed by atoms with Gasteiger partial charge in [-0.15, -0.1) is 0 Å². The Hall–Kier alpha value is -1.02. The predicted molar refractivity (Wildman–Crippen MR) is 74.4 cm³/mol. The second-order valence-electron chi connectivity index (χ2n) is 4.82.